The van der Waals surface area contributed by atoms with E-state index in [1.54, 1.807) is 6.92 Å². The second kappa shape index (κ2) is 5.75. The van der Waals surface area contributed by atoms with E-state index in [2.05, 4.69) is 13.8 Å². The van der Waals surface area contributed by atoms with Gasteiger partial charge in [-0.3, -0.25) is 0 Å². The van der Waals surface area contributed by atoms with Crippen LogP contribution in [0.3, 0.4) is 0 Å². The van der Waals surface area contributed by atoms with Crippen LogP contribution in [0.4, 0.5) is 0 Å². The van der Waals surface area contributed by atoms with Crippen LogP contribution in [-0.2, 0) is 0 Å². The van der Waals surface area contributed by atoms with Gasteiger partial charge in [0.1, 0.15) is 5.75 Å². The van der Waals surface area contributed by atoms with Gasteiger partial charge in [-0.1, -0.05) is 26.0 Å². The van der Waals surface area contributed by atoms with Gasteiger partial charge >= 0.3 is 0 Å². The number of ether oxygens (including phenoxy) is 1. The van der Waals surface area contributed by atoms with Crippen molar-refractivity contribution < 1.29 is 9.84 Å². The smallest absolute Gasteiger partial charge is 0.120 e. The van der Waals surface area contributed by atoms with E-state index < -0.39 is 6.10 Å². The lowest BCUT2D eigenvalue weighted by Crippen LogP contribution is -2.28. The van der Waals surface area contributed by atoms with Crippen molar-refractivity contribution in [3.63, 3.8) is 0 Å². The van der Waals surface area contributed by atoms with Crippen molar-refractivity contribution in [3.05, 3.63) is 29.8 Å². The molecular weight excluding hydrogens is 224 g/mol. The van der Waals surface area contributed by atoms with E-state index in [1.807, 2.05) is 24.3 Å². The average Bonchev–Trinajstić information content (AvgIpc) is 2.34. The summed E-state index contributed by atoms with van der Waals surface area (Å²) < 4.78 is 6.05. The minimum atomic E-state index is -0.432. The maximum atomic E-state index is 9.58. The first kappa shape index (κ1) is 13.4. The molecule has 1 fully saturated rings. The number of benzene rings is 1. The van der Waals surface area contributed by atoms with Crippen LogP contribution in [0.25, 0.3) is 0 Å². The number of rotatable bonds is 3. The van der Waals surface area contributed by atoms with Gasteiger partial charge < -0.3 is 9.84 Å². The molecule has 2 rings (SSSR count). The molecule has 0 saturated heterocycles. The van der Waals surface area contributed by atoms with Gasteiger partial charge in [0.15, 0.2) is 0 Å². The maximum Gasteiger partial charge on any atom is 0.120 e. The van der Waals surface area contributed by atoms with Crippen molar-refractivity contribution in [2.45, 2.75) is 52.2 Å². The predicted molar refractivity (Wildman–Crippen MR) is 73.7 cm³/mol. The van der Waals surface area contributed by atoms with Gasteiger partial charge in [0.2, 0.25) is 0 Å². The van der Waals surface area contributed by atoms with E-state index in [9.17, 15) is 5.11 Å². The van der Waals surface area contributed by atoms with Crippen LogP contribution in [0.15, 0.2) is 24.3 Å². The Hall–Kier alpha value is -1.02. The van der Waals surface area contributed by atoms with Crippen LogP contribution in [0.1, 0.15) is 51.7 Å². The lowest BCUT2D eigenvalue weighted by atomic mass is 9.80. The number of aliphatic hydroxyl groups excluding tert-OH is 1. The molecule has 2 heteroatoms. The highest BCUT2D eigenvalue weighted by molar-refractivity contribution is 5.29. The van der Waals surface area contributed by atoms with Crippen molar-refractivity contribution in [3.8, 4) is 5.75 Å². The fourth-order valence-electron chi connectivity index (χ4n) is 2.65. The van der Waals surface area contributed by atoms with Crippen LogP contribution in [0.2, 0.25) is 0 Å². The monoisotopic (exact) mass is 248 g/mol. The van der Waals surface area contributed by atoms with Gasteiger partial charge in [-0.05, 0) is 55.7 Å². The predicted octanol–water partition coefficient (Wildman–Crippen LogP) is 3.94. The van der Waals surface area contributed by atoms with Crippen LogP contribution >= 0.6 is 0 Å². The van der Waals surface area contributed by atoms with Gasteiger partial charge in [-0.15, -0.1) is 0 Å². The van der Waals surface area contributed by atoms with Crippen LogP contribution in [-0.4, -0.2) is 11.2 Å². The van der Waals surface area contributed by atoms with E-state index in [4.69, 9.17) is 4.74 Å². The molecule has 4 atom stereocenters. The molecule has 0 aromatic heterocycles. The molecular formula is C16H24O2. The Morgan fingerprint density at radius 3 is 2.67 bits per heavy atom. The Labute approximate surface area is 110 Å². The number of hydrogen-bond donors (Lipinski definition) is 1. The first-order chi connectivity index (χ1) is 8.56. The molecule has 0 spiro atoms. The molecule has 2 nitrogen and oxygen atoms in total. The summed E-state index contributed by atoms with van der Waals surface area (Å²) in [5.41, 5.74) is 0.921. The molecule has 1 aromatic carbocycles. The van der Waals surface area contributed by atoms with Gasteiger partial charge in [0, 0.05) is 0 Å². The highest BCUT2D eigenvalue weighted by Crippen LogP contribution is 2.32. The third-order valence-corrected chi connectivity index (χ3v) is 4.19. The fraction of sp³-hybridized carbons (Fsp3) is 0.625. The Morgan fingerprint density at radius 2 is 2.00 bits per heavy atom. The van der Waals surface area contributed by atoms with Crippen LogP contribution in [0, 0.1) is 11.8 Å². The van der Waals surface area contributed by atoms with Crippen molar-refractivity contribution in [1.29, 1.82) is 0 Å². The fourth-order valence-corrected chi connectivity index (χ4v) is 2.65. The molecule has 18 heavy (non-hydrogen) atoms. The third-order valence-electron chi connectivity index (χ3n) is 4.19. The largest absolute Gasteiger partial charge is 0.490 e. The van der Waals surface area contributed by atoms with Crippen molar-refractivity contribution in [2.24, 2.45) is 11.8 Å². The van der Waals surface area contributed by atoms with Crippen molar-refractivity contribution in [2.75, 3.05) is 0 Å². The first-order valence-corrected chi connectivity index (χ1v) is 7.01. The third kappa shape index (κ3) is 3.26. The Bertz CT molecular complexity index is 386. The second-order valence-corrected chi connectivity index (χ2v) is 5.76. The molecule has 1 aromatic rings. The minimum absolute atomic E-state index is 0.334. The summed E-state index contributed by atoms with van der Waals surface area (Å²) in [6, 6.07) is 7.82. The van der Waals surface area contributed by atoms with Gasteiger partial charge in [0.25, 0.3) is 0 Å². The summed E-state index contributed by atoms with van der Waals surface area (Å²) >= 11 is 0. The maximum absolute atomic E-state index is 9.58. The average molecular weight is 248 g/mol. The lowest BCUT2D eigenvalue weighted by Gasteiger charge is -2.32. The molecule has 1 aliphatic carbocycles. The molecule has 3 unspecified atom stereocenters. The first-order valence-electron chi connectivity index (χ1n) is 7.01. The summed E-state index contributed by atoms with van der Waals surface area (Å²) in [4.78, 5) is 0. The number of hydrogen-bond acceptors (Lipinski definition) is 2. The van der Waals surface area contributed by atoms with Gasteiger partial charge in [-0.25, -0.2) is 0 Å². The molecule has 0 amide bonds. The highest BCUT2D eigenvalue weighted by atomic mass is 16.5. The molecule has 1 aliphatic rings. The summed E-state index contributed by atoms with van der Waals surface area (Å²) in [5, 5.41) is 9.58. The summed E-state index contributed by atoms with van der Waals surface area (Å²) in [6.07, 6.45) is 3.44. The van der Waals surface area contributed by atoms with Crippen molar-refractivity contribution >= 4 is 0 Å². The van der Waals surface area contributed by atoms with E-state index in [0.717, 1.165) is 36.0 Å². The zero-order valence-electron chi connectivity index (χ0n) is 11.6. The SMILES string of the molecule is CC1CCC(Oc2cccc([C@H](C)O)c2)CC1C. The van der Waals surface area contributed by atoms with E-state index in [1.165, 1.54) is 6.42 Å². The Kier molecular flexibility index (Phi) is 4.28. The zero-order chi connectivity index (χ0) is 13.1. The Morgan fingerprint density at radius 1 is 1.22 bits per heavy atom. The van der Waals surface area contributed by atoms with Crippen LogP contribution < -0.4 is 4.74 Å². The quantitative estimate of drug-likeness (QED) is 0.877. The zero-order valence-corrected chi connectivity index (χ0v) is 11.6. The molecule has 100 valence electrons. The second-order valence-electron chi connectivity index (χ2n) is 5.76. The molecule has 0 bridgehead atoms. The normalized spacial score (nSPS) is 29.9. The number of aliphatic hydroxyl groups is 1. The Balaban J connectivity index is 1.99. The van der Waals surface area contributed by atoms with E-state index >= 15 is 0 Å². The lowest BCUT2D eigenvalue weighted by molar-refractivity contribution is 0.100. The van der Waals surface area contributed by atoms with Crippen molar-refractivity contribution in [1.82, 2.24) is 0 Å². The molecule has 1 N–H and O–H groups in total. The summed E-state index contributed by atoms with van der Waals surface area (Å²) in [6.45, 7) is 6.42. The molecule has 1 saturated carbocycles. The summed E-state index contributed by atoms with van der Waals surface area (Å²) in [5.74, 6) is 2.44. The highest BCUT2D eigenvalue weighted by Gasteiger charge is 2.25. The van der Waals surface area contributed by atoms with Crippen LogP contribution in [0.5, 0.6) is 5.75 Å². The topological polar surface area (TPSA) is 29.5 Å². The minimum Gasteiger partial charge on any atom is -0.490 e. The molecule has 0 heterocycles. The van der Waals surface area contributed by atoms with Gasteiger partial charge in [-0.2, -0.15) is 0 Å². The molecule has 0 aliphatic heterocycles. The standard InChI is InChI=1S/C16H24O2/c1-11-7-8-16(9-12(11)2)18-15-6-4-5-14(10-15)13(3)17/h4-6,10-13,16-17H,7-9H2,1-3H3/t11?,12?,13-,16?/m0/s1. The van der Waals surface area contributed by atoms with E-state index in [0.29, 0.717) is 6.10 Å². The van der Waals surface area contributed by atoms with E-state index in [-0.39, 0.29) is 0 Å². The van der Waals surface area contributed by atoms with Gasteiger partial charge in [0.05, 0.1) is 12.2 Å². The molecule has 0 radical (unpaired) electrons. The summed E-state index contributed by atoms with van der Waals surface area (Å²) in [7, 11) is 0.